The minimum absolute atomic E-state index is 0.0422. The van der Waals surface area contributed by atoms with E-state index in [1.165, 1.54) is 20.2 Å². The number of nitrogens with one attached hydrogen (secondary N) is 1. The van der Waals surface area contributed by atoms with E-state index < -0.39 is 25.6 Å². The van der Waals surface area contributed by atoms with Crippen molar-refractivity contribution < 1.29 is 28.2 Å². The maximum absolute atomic E-state index is 13.4. The molecule has 0 aliphatic heterocycles. The molecule has 0 radical (unpaired) electrons. The Morgan fingerprint density at radius 1 is 1.24 bits per heavy atom. The molecule has 0 unspecified atom stereocenters. The third-order valence-corrected chi connectivity index (χ3v) is 6.84. The highest BCUT2D eigenvalue weighted by Gasteiger charge is 2.30. The number of aromatic nitrogens is 4. The third-order valence-electron chi connectivity index (χ3n) is 4.20. The molecule has 2 aromatic rings. The number of hydrogen-bond donors (Lipinski definition) is 2. The van der Waals surface area contributed by atoms with Crippen LogP contribution in [-0.2, 0) is 34.7 Å². The Bertz CT molecular complexity index is 1000. The number of ether oxygens (including phenoxy) is 2. The predicted molar refractivity (Wildman–Crippen MR) is 126 cm³/mol. The van der Waals surface area contributed by atoms with Crippen molar-refractivity contribution in [2.75, 3.05) is 24.4 Å². The zero-order chi connectivity index (χ0) is 24.6. The summed E-state index contributed by atoms with van der Waals surface area (Å²) in [4.78, 5) is 35.6. The van der Waals surface area contributed by atoms with Gasteiger partial charge < -0.3 is 24.3 Å². The van der Waals surface area contributed by atoms with Crippen LogP contribution in [0, 0.1) is 0 Å². The summed E-state index contributed by atoms with van der Waals surface area (Å²) in [5, 5.41) is 2.65. The van der Waals surface area contributed by atoms with E-state index in [2.05, 4.69) is 20.0 Å². The number of nitrogens with zero attached hydrogens (tertiary/aromatic N) is 4. The second-order valence-corrected chi connectivity index (χ2v) is 11.0. The Morgan fingerprint density at radius 2 is 1.97 bits per heavy atom. The van der Waals surface area contributed by atoms with Crippen LogP contribution in [0.3, 0.4) is 0 Å². The molecule has 0 aliphatic rings. The zero-order valence-electron chi connectivity index (χ0n) is 19.4. The summed E-state index contributed by atoms with van der Waals surface area (Å²) in [6.45, 7) is 8.62. The molecule has 2 heterocycles. The Hall–Kier alpha value is -2.05. The number of carbonyl (C=O) groups is 2. The van der Waals surface area contributed by atoms with Gasteiger partial charge in [-0.3, -0.25) is 14.2 Å². The molecule has 184 valence electrons. The number of hydrogen-bond acceptors (Lipinski definition) is 11. The van der Waals surface area contributed by atoms with Gasteiger partial charge in [0.1, 0.15) is 24.2 Å². The van der Waals surface area contributed by atoms with Gasteiger partial charge >= 0.3 is 5.97 Å². The number of nitrogens with two attached hydrogens (primary N) is 1. The lowest BCUT2D eigenvalue weighted by atomic mass is 10.4. The molecular formula is C19H31N6O6PS. The van der Waals surface area contributed by atoms with Crippen LogP contribution in [0.1, 0.15) is 34.6 Å². The van der Waals surface area contributed by atoms with Crippen LogP contribution in [0.4, 0.5) is 5.82 Å². The van der Waals surface area contributed by atoms with Gasteiger partial charge in [0.25, 0.3) is 7.52 Å². The van der Waals surface area contributed by atoms with Crippen molar-refractivity contribution in [2.24, 2.45) is 0 Å². The van der Waals surface area contributed by atoms with E-state index in [1.54, 1.807) is 31.7 Å². The van der Waals surface area contributed by atoms with Gasteiger partial charge in [0.15, 0.2) is 16.6 Å². The van der Waals surface area contributed by atoms with Crippen molar-refractivity contribution in [3.63, 3.8) is 0 Å². The highest BCUT2D eigenvalue weighted by Crippen LogP contribution is 2.43. The summed E-state index contributed by atoms with van der Waals surface area (Å²) >= 11 is 1.06. The molecule has 2 aromatic heterocycles. The monoisotopic (exact) mass is 502 g/mol. The number of carbonyl (C=O) groups excluding carboxylic acids is 2. The minimum atomic E-state index is -3.60. The quantitative estimate of drug-likeness (QED) is 0.234. The molecule has 14 heteroatoms. The Balaban J connectivity index is 2.02. The van der Waals surface area contributed by atoms with Crippen LogP contribution in [0.15, 0.2) is 12.7 Å². The fraction of sp³-hybridized carbons (Fsp3) is 0.632. The lowest BCUT2D eigenvalue weighted by molar-refractivity contribution is -0.149. The average molecular weight is 503 g/mol. The SMILES string of the molecule is CC(=O)SCCO[P@](=O)(CO[C@H](C)Cn1cnc2c(N)ncnc21)N[C@@H](C)C(=O)OC(C)C. The van der Waals surface area contributed by atoms with Gasteiger partial charge in [-0.1, -0.05) is 11.8 Å². The first-order valence-corrected chi connectivity index (χ1v) is 13.2. The summed E-state index contributed by atoms with van der Waals surface area (Å²) in [6, 6.07) is -0.880. The van der Waals surface area contributed by atoms with Gasteiger partial charge in [-0.25, -0.2) is 20.0 Å². The summed E-state index contributed by atoms with van der Waals surface area (Å²) in [5.74, 6) is 0.0473. The van der Waals surface area contributed by atoms with E-state index in [4.69, 9.17) is 19.7 Å². The summed E-state index contributed by atoms with van der Waals surface area (Å²) < 4.78 is 31.7. The van der Waals surface area contributed by atoms with E-state index in [0.717, 1.165) is 11.8 Å². The van der Waals surface area contributed by atoms with E-state index in [-0.39, 0.29) is 30.0 Å². The van der Waals surface area contributed by atoms with Gasteiger partial charge in [-0.15, -0.1) is 0 Å². The van der Waals surface area contributed by atoms with E-state index in [0.29, 0.717) is 23.5 Å². The molecule has 3 N–H and O–H groups in total. The highest BCUT2D eigenvalue weighted by molar-refractivity contribution is 8.13. The topological polar surface area (TPSA) is 161 Å². The van der Waals surface area contributed by atoms with Gasteiger partial charge in [0, 0.05) is 12.7 Å². The molecule has 0 spiro atoms. The normalized spacial score (nSPS) is 15.3. The third kappa shape index (κ3) is 8.67. The van der Waals surface area contributed by atoms with Gasteiger partial charge in [0.05, 0.1) is 31.7 Å². The molecule has 0 saturated heterocycles. The van der Waals surface area contributed by atoms with Crippen molar-refractivity contribution in [1.29, 1.82) is 0 Å². The second kappa shape index (κ2) is 12.4. The van der Waals surface area contributed by atoms with Crippen LogP contribution in [0.5, 0.6) is 0 Å². The zero-order valence-corrected chi connectivity index (χ0v) is 21.1. The molecule has 0 bridgehead atoms. The fourth-order valence-corrected chi connectivity index (χ4v) is 5.09. The largest absolute Gasteiger partial charge is 0.462 e. The van der Waals surface area contributed by atoms with Gasteiger partial charge in [-0.05, 0) is 27.7 Å². The van der Waals surface area contributed by atoms with Crippen LogP contribution in [0.25, 0.3) is 11.2 Å². The lowest BCUT2D eigenvalue weighted by Gasteiger charge is -2.25. The van der Waals surface area contributed by atoms with E-state index in [1.807, 2.05) is 0 Å². The number of fused-ring (bicyclic) bond motifs is 1. The Kier molecular flexibility index (Phi) is 10.2. The molecule has 12 nitrogen and oxygen atoms in total. The summed E-state index contributed by atoms with van der Waals surface area (Å²) in [7, 11) is -3.60. The van der Waals surface area contributed by atoms with Gasteiger partial charge in [-0.2, -0.15) is 0 Å². The van der Waals surface area contributed by atoms with Crippen molar-refractivity contribution in [3.05, 3.63) is 12.7 Å². The first-order valence-electron chi connectivity index (χ1n) is 10.4. The molecule has 0 aromatic carbocycles. The van der Waals surface area contributed by atoms with Crippen molar-refractivity contribution in [3.8, 4) is 0 Å². The molecule has 0 aliphatic carbocycles. The fourth-order valence-electron chi connectivity index (χ4n) is 2.75. The minimum Gasteiger partial charge on any atom is -0.462 e. The number of esters is 1. The predicted octanol–water partition coefficient (Wildman–Crippen LogP) is 2.19. The van der Waals surface area contributed by atoms with Gasteiger partial charge in [0.2, 0.25) is 0 Å². The average Bonchev–Trinajstić information content (AvgIpc) is 3.13. The number of nitrogen functional groups attached to an aromatic ring is 1. The molecule has 0 fully saturated rings. The Labute approximate surface area is 196 Å². The number of rotatable bonds is 13. The van der Waals surface area contributed by atoms with Crippen LogP contribution in [-0.4, -0.2) is 67.6 Å². The maximum Gasteiger partial charge on any atom is 0.323 e. The molecule has 2 rings (SSSR count). The Morgan fingerprint density at radius 3 is 2.64 bits per heavy atom. The van der Waals surface area contributed by atoms with Crippen molar-refractivity contribution in [1.82, 2.24) is 24.6 Å². The first kappa shape index (κ1) is 27.2. The van der Waals surface area contributed by atoms with Crippen LogP contribution < -0.4 is 10.8 Å². The lowest BCUT2D eigenvalue weighted by Crippen LogP contribution is -2.36. The standard InChI is InChI=1S/C19H31N6O6PS/c1-12(2)31-19(27)14(4)24-32(28,30-6-7-33-15(5)26)11-29-13(3)8-25-10-23-16-17(20)21-9-22-18(16)25/h9-10,12-14H,6-8,11H2,1-5H3,(H,24,28)(H2,20,21,22)/t13-,14+,32-/m1/s1. The molecule has 3 atom stereocenters. The smallest absolute Gasteiger partial charge is 0.323 e. The second-order valence-electron chi connectivity index (χ2n) is 7.62. The van der Waals surface area contributed by atoms with Crippen LogP contribution >= 0.6 is 19.3 Å². The van der Waals surface area contributed by atoms with Crippen molar-refractivity contribution >= 4 is 47.3 Å². The van der Waals surface area contributed by atoms with Crippen molar-refractivity contribution in [2.45, 2.75) is 59.4 Å². The molecule has 33 heavy (non-hydrogen) atoms. The highest BCUT2D eigenvalue weighted by atomic mass is 32.2. The molecule has 0 saturated carbocycles. The first-order chi connectivity index (χ1) is 15.5. The maximum atomic E-state index is 13.4. The van der Waals surface area contributed by atoms with E-state index >= 15 is 0 Å². The summed E-state index contributed by atoms with van der Waals surface area (Å²) in [5.41, 5.74) is 6.86. The number of anilines is 1. The number of imidazole rings is 1. The molecular weight excluding hydrogens is 471 g/mol. The molecule has 0 amide bonds. The van der Waals surface area contributed by atoms with Crippen LogP contribution in [0.2, 0.25) is 0 Å². The summed E-state index contributed by atoms with van der Waals surface area (Å²) in [6.07, 6.45) is 1.92. The number of thioether (sulfide) groups is 1. The van der Waals surface area contributed by atoms with E-state index in [9.17, 15) is 14.2 Å².